The minimum atomic E-state index is -4.36. The number of anilines is 1. The number of aliphatic hydroxyl groups excluding tert-OH is 1. The summed E-state index contributed by atoms with van der Waals surface area (Å²) in [7, 11) is 0. The predicted molar refractivity (Wildman–Crippen MR) is 67.8 cm³/mol. The number of alkyl halides is 3. The van der Waals surface area contributed by atoms with E-state index in [9.17, 15) is 13.2 Å². The highest BCUT2D eigenvalue weighted by molar-refractivity contribution is 5.38. The SMILES string of the molecule is CC(C)(CCCO)CNc1cc(C(F)(F)F)ccn1. The average molecular weight is 276 g/mol. The second-order valence-electron chi connectivity index (χ2n) is 5.27. The lowest BCUT2D eigenvalue weighted by atomic mass is 9.88. The third-order valence-electron chi connectivity index (χ3n) is 2.85. The fraction of sp³-hybridized carbons (Fsp3) is 0.615. The van der Waals surface area contributed by atoms with E-state index in [2.05, 4.69) is 10.3 Å². The lowest BCUT2D eigenvalue weighted by Gasteiger charge is -2.25. The second kappa shape index (κ2) is 6.23. The first-order valence-electron chi connectivity index (χ1n) is 6.12. The molecule has 0 aliphatic carbocycles. The van der Waals surface area contributed by atoms with E-state index in [0.29, 0.717) is 13.0 Å². The Hall–Kier alpha value is -1.30. The number of pyridine rings is 1. The summed E-state index contributed by atoms with van der Waals surface area (Å²) in [5, 5.41) is 11.7. The largest absolute Gasteiger partial charge is 0.416 e. The van der Waals surface area contributed by atoms with Crippen LogP contribution in [0.1, 0.15) is 32.3 Å². The Morgan fingerprint density at radius 1 is 1.32 bits per heavy atom. The first kappa shape index (κ1) is 15.8. The molecule has 0 aromatic carbocycles. The molecule has 1 rings (SSSR count). The van der Waals surface area contributed by atoms with E-state index >= 15 is 0 Å². The molecule has 0 aliphatic rings. The van der Waals surface area contributed by atoms with Gasteiger partial charge in [-0.3, -0.25) is 0 Å². The molecule has 108 valence electrons. The van der Waals surface area contributed by atoms with Crippen LogP contribution in [0.15, 0.2) is 18.3 Å². The van der Waals surface area contributed by atoms with E-state index in [1.54, 1.807) is 0 Å². The monoisotopic (exact) mass is 276 g/mol. The van der Waals surface area contributed by atoms with E-state index in [4.69, 9.17) is 5.11 Å². The van der Waals surface area contributed by atoms with Gasteiger partial charge in [-0.15, -0.1) is 0 Å². The van der Waals surface area contributed by atoms with Crippen molar-refractivity contribution in [3.63, 3.8) is 0 Å². The summed E-state index contributed by atoms with van der Waals surface area (Å²) in [4.78, 5) is 3.88. The first-order valence-corrected chi connectivity index (χ1v) is 6.12. The normalized spacial score (nSPS) is 12.5. The number of halogens is 3. The van der Waals surface area contributed by atoms with E-state index in [1.807, 2.05) is 13.8 Å². The fourth-order valence-corrected chi connectivity index (χ4v) is 1.68. The summed E-state index contributed by atoms with van der Waals surface area (Å²) < 4.78 is 37.6. The molecular weight excluding hydrogens is 257 g/mol. The van der Waals surface area contributed by atoms with E-state index in [1.165, 1.54) is 0 Å². The van der Waals surface area contributed by atoms with Crippen molar-refractivity contribution in [2.45, 2.75) is 32.9 Å². The summed E-state index contributed by atoms with van der Waals surface area (Å²) in [5.41, 5.74) is -0.822. The number of nitrogens with zero attached hydrogens (tertiary/aromatic N) is 1. The zero-order chi connectivity index (χ0) is 14.5. The summed E-state index contributed by atoms with van der Waals surface area (Å²) in [6.45, 7) is 4.60. The Morgan fingerprint density at radius 3 is 2.58 bits per heavy atom. The van der Waals surface area contributed by atoms with Crippen molar-refractivity contribution in [2.24, 2.45) is 5.41 Å². The highest BCUT2D eigenvalue weighted by atomic mass is 19.4. The maximum absolute atomic E-state index is 12.5. The zero-order valence-corrected chi connectivity index (χ0v) is 11.1. The Labute approximate surface area is 110 Å². The van der Waals surface area contributed by atoms with Gasteiger partial charge in [0.2, 0.25) is 0 Å². The number of aliphatic hydroxyl groups is 1. The van der Waals surface area contributed by atoms with Gasteiger partial charge in [0.05, 0.1) is 5.56 Å². The lowest BCUT2D eigenvalue weighted by Crippen LogP contribution is -2.24. The highest BCUT2D eigenvalue weighted by Crippen LogP contribution is 2.30. The van der Waals surface area contributed by atoms with Crippen LogP contribution in [-0.2, 0) is 6.18 Å². The number of nitrogens with one attached hydrogen (secondary N) is 1. The molecule has 1 aromatic rings. The van der Waals surface area contributed by atoms with E-state index < -0.39 is 11.7 Å². The molecule has 2 N–H and O–H groups in total. The zero-order valence-electron chi connectivity index (χ0n) is 11.1. The van der Waals surface area contributed by atoms with Crippen LogP contribution < -0.4 is 5.32 Å². The lowest BCUT2D eigenvalue weighted by molar-refractivity contribution is -0.137. The summed E-state index contributed by atoms with van der Waals surface area (Å²) in [5.74, 6) is 0.215. The summed E-state index contributed by atoms with van der Waals surface area (Å²) in [6.07, 6.45) is -1.75. The van der Waals surface area contributed by atoms with Gasteiger partial charge in [0.1, 0.15) is 5.82 Å². The Morgan fingerprint density at radius 2 is 2.00 bits per heavy atom. The van der Waals surface area contributed by atoms with Gasteiger partial charge in [-0.2, -0.15) is 13.2 Å². The van der Waals surface area contributed by atoms with Gasteiger partial charge in [0.15, 0.2) is 0 Å². The Kier molecular flexibility index (Phi) is 5.17. The molecule has 0 amide bonds. The van der Waals surface area contributed by atoms with Crippen LogP contribution in [-0.4, -0.2) is 23.2 Å². The van der Waals surface area contributed by atoms with Crippen molar-refractivity contribution in [2.75, 3.05) is 18.5 Å². The average Bonchev–Trinajstić information content (AvgIpc) is 2.34. The van der Waals surface area contributed by atoms with Crippen molar-refractivity contribution in [3.05, 3.63) is 23.9 Å². The van der Waals surface area contributed by atoms with Crippen LogP contribution in [0.5, 0.6) is 0 Å². The molecular formula is C13H19F3N2O. The molecule has 0 radical (unpaired) electrons. The predicted octanol–water partition coefficient (Wildman–Crippen LogP) is 3.31. The second-order valence-corrected chi connectivity index (χ2v) is 5.27. The van der Waals surface area contributed by atoms with E-state index in [-0.39, 0.29) is 17.8 Å². The van der Waals surface area contributed by atoms with Crippen LogP contribution in [0.2, 0.25) is 0 Å². The van der Waals surface area contributed by atoms with Crippen LogP contribution in [0.4, 0.5) is 19.0 Å². The molecule has 1 heterocycles. The van der Waals surface area contributed by atoms with Crippen LogP contribution in [0, 0.1) is 5.41 Å². The van der Waals surface area contributed by atoms with Crippen LogP contribution >= 0.6 is 0 Å². The van der Waals surface area contributed by atoms with Crippen molar-refractivity contribution >= 4 is 5.82 Å². The Balaban J connectivity index is 2.63. The quantitative estimate of drug-likeness (QED) is 0.838. The molecule has 0 saturated heterocycles. The highest BCUT2D eigenvalue weighted by Gasteiger charge is 2.30. The first-order chi connectivity index (χ1) is 8.74. The third-order valence-corrected chi connectivity index (χ3v) is 2.85. The third kappa shape index (κ3) is 5.46. The molecule has 3 nitrogen and oxygen atoms in total. The molecule has 0 fully saturated rings. The molecule has 0 saturated carbocycles. The minimum absolute atomic E-state index is 0.112. The number of hydrogen-bond donors (Lipinski definition) is 2. The van der Waals surface area contributed by atoms with Crippen LogP contribution in [0.25, 0.3) is 0 Å². The number of aromatic nitrogens is 1. The van der Waals surface area contributed by atoms with Gasteiger partial charge in [-0.05, 0) is 30.4 Å². The standard InChI is InChI=1S/C13H19F3N2O/c1-12(2,5-3-7-19)9-18-11-8-10(4-6-17-11)13(14,15)16/h4,6,8,19H,3,5,7,9H2,1-2H3,(H,17,18). The van der Waals surface area contributed by atoms with Crippen molar-refractivity contribution in [1.82, 2.24) is 4.98 Å². The van der Waals surface area contributed by atoms with Crippen molar-refractivity contribution in [3.8, 4) is 0 Å². The molecule has 0 aliphatic heterocycles. The van der Waals surface area contributed by atoms with Gasteiger partial charge in [-0.25, -0.2) is 4.98 Å². The number of rotatable bonds is 6. The van der Waals surface area contributed by atoms with Crippen molar-refractivity contribution in [1.29, 1.82) is 0 Å². The maximum Gasteiger partial charge on any atom is 0.416 e. The van der Waals surface area contributed by atoms with Gasteiger partial charge in [0.25, 0.3) is 0 Å². The molecule has 1 aromatic heterocycles. The maximum atomic E-state index is 12.5. The molecule has 6 heteroatoms. The summed E-state index contributed by atoms with van der Waals surface area (Å²) >= 11 is 0. The van der Waals surface area contributed by atoms with Crippen molar-refractivity contribution < 1.29 is 18.3 Å². The molecule has 19 heavy (non-hydrogen) atoms. The van der Waals surface area contributed by atoms with Gasteiger partial charge in [0, 0.05) is 19.3 Å². The fourth-order valence-electron chi connectivity index (χ4n) is 1.68. The molecule has 0 atom stereocenters. The van der Waals surface area contributed by atoms with E-state index in [0.717, 1.165) is 24.8 Å². The minimum Gasteiger partial charge on any atom is -0.396 e. The van der Waals surface area contributed by atoms with Gasteiger partial charge in [-0.1, -0.05) is 13.8 Å². The topological polar surface area (TPSA) is 45.1 Å². The van der Waals surface area contributed by atoms with Gasteiger partial charge >= 0.3 is 6.18 Å². The van der Waals surface area contributed by atoms with Gasteiger partial charge < -0.3 is 10.4 Å². The molecule has 0 unspecified atom stereocenters. The summed E-state index contributed by atoms with van der Waals surface area (Å²) in [6, 6.07) is 1.95. The number of hydrogen-bond acceptors (Lipinski definition) is 3. The Bertz CT molecular complexity index is 405. The molecule has 0 spiro atoms. The molecule has 0 bridgehead atoms. The van der Waals surface area contributed by atoms with Crippen LogP contribution in [0.3, 0.4) is 0 Å². The smallest absolute Gasteiger partial charge is 0.396 e.